The maximum atomic E-state index is 11.7. The highest BCUT2D eigenvalue weighted by atomic mass is 16.2. The number of allylic oxidation sites excluding steroid dienone is 4. The van der Waals surface area contributed by atoms with Crippen LogP contribution in [-0.4, -0.2) is 24.4 Å². The molecule has 0 aliphatic rings. The monoisotopic (exact) mass is 249 g/mol. The lowest BCUT2D eigenvalue weighted by Gasteiger charge is -2.13. The van der Waals surface area contributed by atoms with Gasteiger partial charge in [-0.05, 0) is 47.5 Å². The molecule has 2 heteroatoms. The van der Waals surface area contributed by atoms with E-state index in [1.807, 2.05) is 20.9 Å². The Kier molecular flexibility index (Phi) is 8.10. The molecule has 0 rings (SSSR count). The van der Waals surface area contributed by atoms with E-state index in [9.17, 15) is 4.79 Å². The minimum Gasteiger partial charge on any atom is -0.338 e. The largest absolute Gasteiger partial charge is 0.338 e. The second-order valence-corrected chi connectivity index (χ2v) is 5.31. The first-order valence-corrected chi connectivity index (χ1v) is 6.52. The van der Waals surface area contributed by atoms with Gasteiger partial charge in [-0.2, -0.15) is 0 Å². The van der Waals surface area contributed by atoms with Crippen LogP contribution in [0.15, 0.2) is 34.9 Å². The Morgan fingerprint density at radius 1 is 1.00 bits per heavy atom. The average molecular weight is 249 g/mol. The van der Waals surface area contributed by atoms with Crippen LogP contribution in [0.1, 0.15) is 47.5 Å². The number of carbonyl (C=O) groups is 1. The Hall–Kier alpha value is -1.31. The van der Waals surface area contributed by atoms with Crippen LogP contribution in [-0.2, 0) is 4.79 Å². The molecule has 0 heterocycles. The number of hydrogen-bond acceptors (Lipinski definition) is 1. The summed E-state index contributed by atoms with van der Waals surface area (Å²) in [6, 6.07) is 0. The van der Waals surface area contributed by atoms with E-state index in [1.54, 1.807) is 11.0 Å². The van der Waals surface area contributed by atoms with Crippen LogP contribution in [0.2, 0.25) is 0 Å². The number of likely N-dealkylation sites (N-methyl/N-ethyl adjacent to an activating group) is 1. The molecule has 0 spiro atoms. The molecule has 0 aromatic rings. The van der Waals surface area contributed by atoms with Gasteiger partial charge in [0.15, 0.2) is 0 Å². The Morgan fingerprint density at radius 2 is 1.61 bits per heavy atom. The van der Waals surface area contributed by atoms with Crippen LogP contribution in [0.25, 0.3) is 0 Å². The standard InChI is InChI=1S/C16H27NO/c1-13(2)8-7-9-15(5)10-11-17(6)16(18)12-14(3)4/h8,10,12H,7,9,11H2,1-6H3/b15-10-. The molecule has 0 fully saturated rings. The SMILES string of the molecule is CC(C)=CCC/C(C)=C\CN(C)C(=O)C=C(C)C. The van der Waals surface area contributed by atoms with Crippen LogP contribution in [0.4, 0.5) is 0 Å². The third-order valence-electron chi connectivity index (χ3n) is 2.59. The Morgan fingerprint density at radius 3 is 2.11 bits per heavy atom. The molecule has 1 amide bonds. The van der Waals surface area contributed by atoms with Gasteiger partial charge in [0, 0.05) is 19.7 Å². The molecule has 18 heavy (non-hydrogen) atoms. The summed E-state index contributed by atoms with van der Waals surface area (Å²) < 4.78 is 0. The van der Waals surface area contributed by atoms with Crippen molar-refractivity contribution in [3.63, 3.8) is 0 Å². The second kappa shape index (κ2) is 8.73. The van der Waals surface area contributed by atoms with Gasteiger partial charge < -0.3 is 4.90 Å². The van der Waals surface area contributed by atoms with E-state index in [1.165, 1.54) is 11.1 Å². The van der Waals surface area contributed by atoms with E-state index >= 15 is 0 Å². The van der Waals surface area contributed by atoms with Crippen molar-refractivity contribution in [3.05, 3.63) is 34.9 Å². The quantitative estimate of drug-likeness (QED) is 0.512. The lowest BCUT2D eigenvalue weighted by atomic mass is 10.1. The van der Waals surface area contributed by atoms with Crippen molar-refractivity contribution in [2.75, 3.05) is 13.6 Å². The first-order valence-electron chi connectivity index (χ1n) is 6.52. The van der Waals surface area contributed by atoms with Crippen molar-refractivity contribution < 1.29 is 4.79 Å². The molecule has 0 radical (unpaired) electrons. The van der Waals surface area contributed by atoms with Gasteiger partial charge in [0.1, 0.15) is 0 Å². The summed E-state index contributed by atoms with van der Waals surface area (Å²) in [7, 11) is 1.83. The fourth-order valence-electron chi connectivity index (χ4n) is 1.43. The molecular formula is C16H27NO. The topological polar surface area (TPSA) is 20.3 Å². The predicted molar refractivity (Wildman–Crippen MR) is 79.5 cm³/mol. The number of carbonyl (C=O) groups excluding carboxylic acids is 1. The molecule has 0 atom stereocenters. The van der Waals surface area contributed by atoms with Crippen molar-refractivity contribution in [2.45, 2.75) is 47.5 Å². The highest BCUT2D eigenvalue weighted by Gasteiger charge is 2.02. The molecule has 0 bridgehead atoms. The highest BCUT2D eigenvalue weighted by molar-refractivity contribution is 5.88. The molecule has 102 valence electrons. The molecular weight excluding hydrogens is 222 g/mol. The van der Waals surface area contributed by atoms with Crippen LogP contribution in [0, 0.1) is 0 Å². The summed E-state index contributed by atoms with van der Waals surface area (Å²) in [5.41, 5.74) is 3.74. The van der Waals surface area contributed by atoms with Crippen LogP contribution in [0.3, 0.4) is 0 Å². The van der Waals surface area contributed by atoms with Crippen LogP contribution >= 0.6 is 0 Å². The summed E-state index contributed by atoms with van der Waals surface area (Å²) in [4.78, 5) is 13.4. The Labute approximate surface area is 112 Å². The number of rotatable bonds is 6. The molecule has 0 aliphatic carbocycles. The van der Waals surface area contributed by atoms with E-state index in [0.717, 1.165) is 18.4 Å². The van der Waals surface area contributed by atoms with Gasteiger partial charge in [0.2, 0.25) is 5.91 Å². The number of amides is 1. The lowest BCUT2D eigenvalue weighted by Crippen LogP contribution is -2.25. The summed E-state index contributed by atoms with van der Waals surface area (Å²) in [5, 5.41) is 0. The fraction of sp³-hybridized carbons (Fsp3) is 0.562. The predicted octanol–water partition coefficient (Wildman–Crippen LogP) is 4.10. The van der Waals surface area contributed by atoms with Crippen molar-refractivity contribution in [3.8, 4) is 0 Å². The minimum absolute atomic E-state index is 0.0725. The van der Waals surface area contributed by atoms with E-state index < -0.39 is 0 Å². The van der Waals surface area contributed by atoms with Gasteiger partial charge in [-0.25, -0.2) is 0 Å². The van der Waals surface area contributed by atoms with Crippen LogP contribution in [0.5, 0.6) is 0 Å². The van der Waals surface area contributed by atoms with E-state index in [-0.39, 0.29) is 5.91 Å². The third-order valence-corrected chi connectivity index (χ3v) is 2.59. The zero-order valence-corrected chi connectivity index (χ0v) is 12.7. The van der Waals surface area contributed by atoms with Gasteiger partial charge in [0.05, 0.1) is 0 Å². The number of nitrogens with zero attached hydrogens (tertiary/aromatic N) is 1. The molecule has 0 unspecified atom stereocenters. The first-order chi connectivity index (χ1) is 8.32. The van der Waals surface area contributed by atoms with Crippen molar-refractivity contribution in [1.29, 1.82) is 0 Å². The summed E-state index contributed by atoms with van der Waals surface area (Å²) in [5.74, 6) is 0.0725. The van der Waals surface area contributed by atoms with E-state index in [4.69, 9.17) is 0 Å². The Bertz CT molecular complexity index is 353. The molecule has 0 saturated heterocycles. The van der Waals surface area contributed by atoms with Gasteiger partial charge >= 0.3 is 0 Å². The molecule has 0 aliphatic heterocycles. The van der Waals surface area contributed by atoms with Gasteiger partial charge in [-0.15, -0.1) is 0 Å². The molecule has 0 N–H and O–H groups in total. The normalized spacial score (nSPS) is 10.9. The van der Waals surface area contributed by atoms with Gasteiger partial charge in [0.25, 0.3) is 0 Å². The zero-order valence-electron chi connectivity index (χ0n) is 12.7. The van der Waals surface area contributed by atoms with Crippen LogP contribution < -0.4 is 0 Å². The average Bonchev–Trinajstić information content (AvgIpc) is 2.24. The zero-order chi connectivity index (χ0) is 14.1. The maximum absolute atomic E-state index is 11.7. The molecule has 2 nitrogen and oxygen atoms in total. The molecule has 0 aromatic heterocycles. The fourth-order valence-corrected chi connectivity index (χ4v) is 1.43. The van der Waals surface area contributed by atoms with Crippen molar-refractivity contribution >= 4 is 5.91 Å². The summed E-state index contributed by atoms with van der Waals surface area (Å²) >= 11 is 0. The smallest absolute Gasteiger partial charge is 0.246 e. The highest BCUT2D eigenvalue weighted by Crippen LogP contribution is 2.06. The van der Waals surface area contributed by atoms with E-state index in [0.29, 0.717) is 6.54 Å². The minimum atomic E-state index is 0.0725. The lowest BCUT2D eigenvalue weighted by molar-refractivity contribution is -0.124. The van der Waals surface area contributed by atoms with Crippen molar-refractivity contribution in [2.24, 2.45) is 0 Å². The van der Waals surface area contributed by atoms with Crippen molar-refractivity contribution in [1.82, 2.24) is 4.90 Å². The van der Waals surface area contributed by atoms with Gasteiger partial charge in [-0.3, -0.25) is 4.79 Å². The van der Waals surface area contributed by atoms with Gasteiger partial charge in [-0.1, -0.05) is 28.9 Å². The Balaban J connectivity index is 4.17. The third kappa shape index (κ3) is 8.80. The second-order valence-electron chi connectivity index (χ2n) is 5.31. The summed E-state index contributed by atoms with van der Waals surface area (Å²) in [6.45, 7) is 10.9. The molecule has 0 aromatic carbocycles. The maximum Gasteiger partial charge on any atom is 0.246 e. The summed E-state index contributed by atoms with van der Waals surface area (Å²) in [6.07, 6.45) is 8.20. The molecule has 0 saturated carbocycles. The number of hydrogen-bond donors (Lipinski definition) is 0. The van der Waals surface area contributed by atoms with E-state index in [2.05, 4.69) is 32.9 Å². The first kappa shape index (κ1) is 16.7.